The van der Waals surface area contributed by atoms with Crippen molar-refractivity contribution < 1.29 is 19.1 Å². The molecule has 0 atom stereocenters. The molecule has 2 N–H and O–H groups in total. The van der Waals surface area contributed by atoms with Gasteiger partial charge < -0.3 is 14.8 Å². The molecule has 1 amide bonds. The molecule has 0 radical (unpaired) electrons. The highest BCUT2D eigenvalue weighted by molar-refractivity contribution is 9.10. The number of hydrogen-bond acceptors (Lipinski definition) is 6. The van der Waals surface area contributed by atoms with Gasteiger partial charge in [-0.1, -0.05) is 30.3 Å². The molecular formula is C23H21BrN2O4S2. The summed E-state index contributed by atoms with van der Waals surface area (Å²) in [5, 5.41) is 8.40. The van der Waals surface area contributed by atoms with Crippen LogP contribution in [0.25, 0.3) is 10.8 Å². The lowest BCUT2D eigenvalue weighted by atomic mass is 9.95. The molecule has 32 heavy (non-hydrogen) atoms. The molecule has 0 bridgehead atoms. The molecule has 3 aromatic rings. The van der Waals surface area contributed by atoms with E-state index >= 15 is 0 Å². The topological polar surface area (TPSA) is 76.7 Å². The fourth-order valence-electron chi connectivity index (χ4n) is 3.74. The average molecular weight is 533 g/mol. The summed E-state index contributed by atoms with van der Waals surface area (Å²) in [6.07, 6.45) is 3.90. The van der Waals surface area contributed by atoms with E-state index in [1.165, 1.54) is 18.4 Å². The van der Waals surface area contributed by atoms with Gasteiger partial charge in [0.25, 0.3) is 5.91 Å². The van der Waals surface area contributed by atoms with Crippen LogP contribution >= 0.6 is 39.5 Å². The Bertz CT molecular complexity index is 1210. The first-order valence-electron chi connectivity index (χ1n) is 10.1. The van der Waals surface area contributed by atoms with Crippen molar-refractivity contribution in [3.63, 3.8) is 0 Å². The molecule has 1 aliphatic carbocycles. The first-order valence-corrected chi connectivity index (χ1v) is 12.1. The number of ether oxygens (including phenoxy) is 2. The lowest BCUT2D eigenvalue weighted by Gasteiger charge is -2.13. The normalized spacial score (nSPS) is 12.7. The molecule has 0 unspecified atom stereocenters. The van der Waals surface area contributed by atoms with E-state index in [1.807, 2.05) is 36.4 Å². The van der Waals surface area contributed by atoms with Crippen molar-refractivity contribution in [2.45, 2.75) is 25.7 Å². The third-order valence-corrected chi connectivity index (χ3v) is 7.46. The number of rotatable bonds is 5. The van der Waals surface area contributed by atoms with Crippen molar-refractivity contribution in [2.75, 3.05) is 19.0 Å². The SMILES string of the molecule is COC(=O)c1c(NC(=S)NC(=O)COc2ccc3ccccc3c2Br)sc2c1CCCC2. The Morgan fingerprint density at radius 1 is 1.16 bits per heavy atom. The first-order chi connectivity index (χ1) is 15.5. The van der Waals surface area contributed by atoms with Crippen LogP contribution in [0.5, 0.6) is 5.75 Å². The van der Waals surface area contributed by atoms with Crippen LogP contribution in [0.4, 0.5) is 5.00 Å². The number of hydrogen-bond donors (Lipinski definition) is 2. The maximum atomic E-state index is 12.4. The van der Waals surface area contributed by atoms with Crippen LogP contribution < -0.4 is 15.4 Å². The van der Waals surface area contributed by atoms with Crippen LogP contribution in [-0.2, 0) is 22.4 Å². The van der Waals surface area contributed by atoms with Gasteiger partial charge in [0.05, 0.1) is 17.1 Å². The van der Waals surface area contributed by atoms with E-state index in [-0.39, 0.29) is 11.7 Å². The monoisotopic (exact) mass is 532 g/mol. The average Bonchev–Trinajstić information content (AvgIpc) is 3.15. The molecule has 2 aromatic carbocycles. The summed E-state index contributed by atoms with van der Waals surface area (Å²) in [6.45, 7) is -0.205. The highest BCUT2D eigenvalue weighted by Gasteiger charge is 2.26. The largest absolute Gasteiger partial charge is 0.483 e. The molecule has 0 aliphatic heterocycles. The summed E-state index contributed by atoms with van der Waals surface area (Å²) in [6, 6.07) is 11.6. The zero-order valence-corrected chi connectivity index (χ0v) is 20.5. The van der Waals surface area contributed by atoms with Gasteiger partial charge in [-0.15, -0.1) is 11.3 Å². The zero-order valence-electron chi connectivity index (χ0n) is 17.3. The number of aryl methyl sites for hydroxylation is 1. The highest BCUT2D eigenvalue weighted by Crippen LogP contribution is 2.38. The molecule has 4 rings (SSSR count). The van der Waals surface area contributed by atoms with Crippen LogP contribution in [0.3, 0.4) is 0 Å². The smallest absolute Gasteiger partial charge is 0.341 e. The van der Waals surface area contributed by atoms with Gasteiger partial charge in [0, 0.05) is 4.88 Å². The Morgan fingerprint density at radius 2 is 1.94 bits per heavy atom. The number of benzene rings is 2. The van der Waals surface area contributed by atoms with Crippen molar-refractivity contribution in [1.82, 2.24) is 5.32 Å². The van der Waals surface area contributed by atoms with Gasteiger partial charge in [0.2, 0.25) is 0 Å². The van der Waals surface area contributed by atoms with Gasteiger partial charge in [-0.05, 0) is 76.2 Å². The second kappa shape index (κ2) is 9.97. The van der Waals surface area contributed by atoms with Gasteiger partial charge in [0.1, 0.15) is 10.8 Å². The van der Waals surface area contributed by atoms with Crippen LogP contribution in [-0.4, -0.2) is 30.7 Å². The molecule has 0 fully saturated rings. The summed E-state index contributed by atoms with van der Waals surface area (Å²) in [5.74, 6) is -0.231. The summed E-state index contributed by atoms with van der Waals surface area (Å²) >= 11 is 10.3. The number of methoxy groups -OCH3 is 1. The molecule has 1 heterocycles. The van der Waals surface area contributed by atoms with Gasteiger partial charge in [-0.3, -0.25) is 10.1 Å². The Labute approximate surface area is 203 Å². The van der Waals surface area contributed by atoms with Gasteiger partial charge in [0.15, 0.2) is 11.7 Å². The quantitative estimate of drug-likeness (QED) is 0.346. The predicted molar refractivity (Wildman–Crippen MR) is 134 cm³/mol. The van der Waals surface area contributed by atoms with Crippen LogP contribution in [0.15, 0.2) is 40.9 Å². The summed E-state index contributed by atoms with van der Waals surface area (Å²) in [7, 11) is 1.36. The summed E-state index contributed by atoms with van der Waals surface area (Å²) in [4.78, 5) is 25.9. The molecule has 0 spiro atoms. The van der Waals surface area contributed by atoms with E-state index in [4.69, 9.17) is 21.7 Å². The fourth-order valence-corrected chi connectivity index (χ4v) is 5.91. The van der Waals surface area contributed by atoms with E-state index in [9.17, 15) is 9.59 Å². The molecule has 1 aliphatic rings. The Hall–Kier alpha value is -2.49. The van der Waals surface area contributed by atoms with Crippen molar-refractivity contribution in [3.8, 4) is 5.75 Å². The van der Waals surface area contributed by atoms with E-state index in [0.717, 1.165) is 51.4 Å². The molecule has 6 nitrogen and oxygen atoms in total. The molecular weight excluding hydrogens is 512 g/mol. The number of thiophene rings is 1. The second-order valence-corrected chi connectivity index (χ2v) is 9.60. The molecule has 9 heteroatoms. The number of carbonyl (C=O) groups excluding carboxylic acids is 2. The maximum absolute atomic E-state index is 12.4. The Kier molecular flexibility index (Phi) is 7.07. The number of nitrogens with one attached hydrogen (secondary N) is 2. The van der Waals surface area contributed by atoms with Crippen molar-refractivity contribution in [2.24, 2.45) is 0 Å². The maximum Gasteiger partial charge on any atom is 0.341 e. The Balaban J connectivity index is 1.40. The minimum absolute atomic E-state index is 0.111. The fraction of sp³-hybridized carbons (Fsp3) is 0.261. The number of carbonyl (C=O) groups is 2. The minimum atomic E-state index is -0.400. The number of fused-ring (bicyclic) bond motifs is 2. The first kappa shape index (κ1) is 22.7. The molecule has 0 saturated carbocycles. The standard InChI is InChI=1S/C23H21BrN2O4S2/c1-29-22(28)19-15-8-4-5-9-17(15)32-21(19)26-23(31)25-18(27)12-30-16-11-10-13-6-2-3-7-14(13)20(16)24/h2-3,6-7,10-11H,4-5,8-9,12H2,1H3,(H2,25,26,27,31). The third-order valence-electron chi connectivity index (χ3n) is 5.23. The van der Waals surface area contributed by atoms with Crippen molar-refractivity contribution >= 4 is 72.2 Å². The van der Waals surface area contributed by atoms with E-state index in [0.29, 0.717) is 16.3 Å². The van der Waals surface area contributed by atoms with Crippen LogP contribution in [0, 0.1) is 0 Å². The van der Waals surface area contributed by atoms with E-state index < -0.39 is 11.9 Å². The number of thiocarbonyl (C=S) groups is 1. The third kappa shape index (κ3) is 4.79. The van der Waals surface area contributed by atoms with E-state index in [2.05, 4.69) is 26.6 Å². The van der Waals surface area contributed by atoms with Gasteiger partial charge in [-0.25, -0.2) is 4.79 Å². The molecule has 1 aromatic heterocycles. The van der Waals surface area contributed by atoms with Crippen LogP contribution in [0.1, 0.15) is 33.6 Å². The van der Waals surface area contributed by atoms with Gasteiger partial charge in [-0.2, -0.15) is 0 Å². The van der Waals surface area contributed by atoms with Crippen molar-refractivity contribution in [1.29, 1.82) is 0 Å². The number of esters is 1. The van der Waals surface area contributed by atoms with Crippen LogP contribution in [0.2, 0.25) is 0 Å². The number of halogens is 1. The number of anilines is 1. The summed E-state index contributed by atoms with van der Waals surface area (Å²) < 4.78 is 11.4. The summed E-state index contributed by atoms with van der Waals surface area (Å²) in [5.41, 5.74) is 1.54. The number of amides is 1. The van der Waals surface area contributed by atoms with E-state index in [1.54, 1.807) is 0 Å². The lowest BCUT2D eigenvalue weighted by Crippen LogP contribution is -2.37. The zero-order chi connectivity index (χ0) is 22.7. The second-order valence-electron chi connectivity index (χ2n) is 7.30. The van der Waals surface area contributed by atoms with Crippen molar-refractivity contribution in [3.05, 3.63) is 56.9 Å². The predicted octanol–water partition coefficient (Wildman–Crippen LogP) is 5.22. The van der Waals surface area contributed by atoms with Gasteiger partial charge >= 0.3 is 5.97 Å². The molecule has 166 valence electrons. The molecule has 0 saturated heterocycles. The lowest BCUT2D eigenvalue weighted by molar-refractivity contribution is -0.121. The Morgan fingerprint density at radius 3 is 2.75 bits per heavy atom. The highest BCUT2D eigenvalue weighted by atomic mass is 79.9. The minimum Gasteiger partial charge on any atom is -0.483 e.